The molecule has 3 aromatic carbocycles. The van der Waals surface area contributed by atoms with E-state index in [1.165, 1.54) is 24.7 Å². The lowest BCUT2D eigenvalue weighted by Gasteiger charge is -2.29. The van der Waals surface area contributed by atoms with Crippen molar-refractivity contribution in [2.75, 3.05) is 18.9 Å². The van der Waals surface area contributed by atoms with E-state index in [4.69, 9.17) is 24.3 Å². The second kappa shape index (κ2) is 12.8. The second-order valence-electron chi connectivity index (χ2n) is 10.1. The number of carbonyl (C=O) groups excluding carboxylic acids is 1. The number of benzene rings is 3. The van der Waals surface area contributed by atoms with E-state index in [-0.39, 0.29) is 43.7 Å². The fraction of sp³-hybridized carbons (Fsp3) is 0.241. The van der Waals surface area contributed by atoms with Gasteiger partial charge < -0.3 is 19.7 Å². The van der Waals surface area contributed by atoms with E-state index in [0.29, 0.717) is 11.1 Å². The van der Waals surface area contributed by atoms with Gasteiger partial charge in [-0.2, -0.15) is 10.1 Å². The highest BCUT2D eigenvalue weighted by Crippen LogP contribution is 2.48. The van der Waals surface area contributed by atoms with Crippen molar-refractivity contribution in [3.63, 3.8) is 0 Å². The molecular weight excluding hydrogens is 575 g/mol. The number of fused-ring (bicyclic) bond motifs is 2. The summed E-state index contributed by atoms with van der Waals surface area (Å²) in [5.41, 5.74) is 4.90. The molecule has 0 saturated heterocycles. The van der Waals surface area contributed by atoms with Crippen LogP contribution >= 0.6 is 7.75 Å². The first-order chi connectivity index (χ1) is 20.6. The van der Waals surface area contributed by atoms with Gasteiger partial charge in [-0.15, -0.1) is 0 Å². The molecule has 0 fully saturated rings. The molecule has 0 saturated carbocycles. The van der Waals surface area contributed by atoms with Crippen LogP contribution in [0.1, 0.15) is 19.4 Å². The first kappa shape index (κ1) is 29.9. The van der Waals surface area contributed by atoms with Crippen LogP contribution in [0.15, 0.2) is 83.9 Å². The molecule has 5 rings (SSSR count). The molecule has 0 aliphatic rings. The Labute approximate surface area is 246 Å². The molecule has 0 aliphatic heterocycles. The molecule has 0 spiro atoms. The van der Waals surface area contributed by atoms with E-state index >= 15 is 0 Å². The van der Waals surface area contributed by atoms with Crippen molar-refractivity contribution in [2.45, 2.75) is 32.7 Å². The Morgan fingerprint density at radius 1 is 1.05 bits per heavy atom. The third-order valence-electron chi connectivity index (χ3n) is 6.32. The standard InChI is InChI=1S/C29H31N6O7P/c1-29(2,27(37)40-17-20-9-4-3-5-10-20)34-43(38,42-23-14-8-12-21-11-6-7-13-22(21)23)41-16-15-39-19-35-18-31-24-25(35)32-28(30)33-26(24)36/h3-14,18H,15-17,19H2,1-2H3,(H,34,38)(H3,30,32,33,36). The van der Waals surface area contributed by atoms with Crippen LogP contribution < -0.4 is 20.9 Å². The van der Waals surface area contributed by atoms with Gasteiger partial charge in [-0.05, 0) is 30.9 Å². The number of nitrogens with zero attached hydrogens (tertiary/aromatic N) is 3. The lowest BCUT2D eigenvalue weighted by molar-refractivity contribution is -0.151. The lowest BCUT2D eigenvalue weighted by Crippen LogP contribution is -2.47. The van der Waals surface area contributed by atoms with Crippen molar-refractivity contribution >= 4 is 41.6 Å². The predicted octanol–water partition coefficient (Wildman–Crippen LogP) is 4.14. The van der Waals surface area contributed by atoms with E-state index in [9.17, 15) is 14.2 Å². The number of aromatic amines is 1. The van der Waals surface area contributed by atoms with E-state index < -0.39 is 24.8 Å². The summed E-state index contributed by atoms with van der Waals surface area (Å²) in [6.07, 6.45) is 1.40. The largest absolute Gasteiger partial charge is 0.459 e. The number of nitrogen functional groups attached to an aromatic ring is 1. The molecule has 0 bridgehead atoms. The molecule has 5 aromatic rings. The third kappa shape index (κ3) is 7.27. The van der Waals surface area contributed by atoms with Gasteiger partial charge in [0, 0.05) is 5.39 Å². The summed E-state index contributed by atoms with van der Waals surface area (Å²) in [5, 5.41) is 4.35. The average molecular weight is 607 g/mol. The summed E-state index contributed by atoms with van der Waals surface area (Å²) in [4.78, 5) is 35.6. The number of imidazole rings is 1. The summed E-state index contributed by atoms with van der Waals surface area (Å²) >= 11 is 0. The average Bonchev–Trinajstić information content (AvgIpc) is 3.39. The zero-order chi connectivity index (χ0) is 30.5. The second-order valence-corrected chi connectivity index (χ2v) is 11.7. The molecule has 1 atom stereocenters. The molecule has 13 nitrogen and oxygen atoms in total. The Kier molecular flexibility index (Phi) is 8.88. The van der Waals surface area contributed by atoms with Gasteiger partial charge in [0.05, 0.1) is 19.5 Å². The molecule has 1 unspecified atom stereocenters. The van der Waals surface area contributed by atoms with Crippen molar-refractivity contribution in [1.29, 1.82) is 0 Å². The minimum absolute atomic E-state index is 0.0260. The third-order valence-corrected chi connectivity index (χ3v) is 8.11. The lowest BCUT2D eigenvalue weighted by atomic mass is 10.1. The number of nitrogens with two attached hydrogens (primary N) is 1. The number of hydrogen-bond donors (Lipinski definition) is 3. The van der Waals surface area contributed by atoms with Crippen LogP contribution in [0.3, 0.4) is 0 Å². The summed E-state index contributed by atoms with van der Waals surface area (Å²) in [6, 6.07) is 22.0. The van der Waals surface area contributed by atoms with Crippen molar-refractivity contribution < 1.29 is 27.9 Å². The minimum Gasteiger partial charge on any atom is -0.459 e. The SMILES string of the molecule is CC(C)(NP(=O)(OCCOCn1cnc2c(=O)[nH]c(N)nc21)Oc1cccc2ccccc12)C(=O)OCc1ccccc1. The monoisotopic (exact) mass is 606 g/mol. The highest BCUT2D eigenvalue weighted by atomic mass is 31.2. The maximum atomic E-state index is 14.2. The Bertz CT molecular complexity index is 1830. The Morgan fingerprint density at radius 2 is 1.79 bits per heavy atom. The quantitative estimate of drug-likeness (QED) is 0.0999. The van der Waals surface area contributed by atoms with Gasteiger partial charge in [-0.1, -0.05) is 66.7 Å². The number of hydrogen-bond acceptors (Lipinski definition) is 10. The molecule has 0 aliphatic carbocycles. The van der Waals surface area contributed by atoms with Crippen LogP contribution in [-0.2, 0) is 36.7 Å². The molecule has 2 heterocycles. The van der Waals surface area contributed by atoms with Crippen molar-refractivity contribution in [3.8, 4) is 5.75 Å². The fourth-order valence-corrected chi connectivity index (χ4v) is 5.89. The van der Waals surface area contributed by atoms with Crippen LogP contribution in [-0.4, -0.2) is 44.2 Å². The normalized spacial score (nSPS) is 13.2. The molecule has 43 heavy (non-hydrogen) atoms. The maximum absolute atomic E-state index is 14.2. The zero-order valence-electron chi connectivity index (χ0n) is 23.6. The van der Waals surface area contributed by atoms with Gasteiger partial charge in [0.25, 0.3) is 5.56 Å². The summed E-state index contributed by atoms with van der Waals surface area (Å²) in [6.45, 7) is 2.88. The van der Waals surface area contributed by atoms with E-state index in [1.54, 1.807) is 12.1 Å². The topological polar surface area (TPSA) is 173 Å². The number of nitrogens with one attached hydrogen (secondary N) is 2. The molecule has 2 aromatic heterocycles. The number of H-pyrrole nitrogens is 1. The van der Waals surface area contributed by atoms with Gasteiger partial charge in [-0.3, -0.25) is 23.7 Å². The molecular formula is C29H31N6O7P. The molecule has 14 heteroatoms. The van der Waals surface area contributed by atoms with Gasteiger partial charge in [-0.25, -0.2) is 9.55 Å². The van der Waals surface area contributed by atoms with Gasteiger partial charge in [0.2, 0.25) is 5.95 Å². The van der Waals surface area contributed by atoms with Crippen LogP contribution in [0, 0.1) is 0 Å². The van der Waals surface area contributed by atoms with E-state index in [0.717, 1.165) is 10.9 Å². The first-order valence-corrected chi connectivity index (χ1v) is 14.9. The fourth-order valence-electron chi connectivity index (χ4n) is 4.22. The van der Waals surface area contributed by atoms with Crippen LogP contribution in [0.25, 0.3) is 21.9 Å². The molecule has 4 N–H and O–H groups in total. The summed E-state index contributed by atoms with van der Waals surface area (Å²) in [7, 11) is -4.19. The molecule has 0 amide bonds. The Hall–Kier alpha value is -4.55. The summed E-state index contributed by atoms with van der Waals surface area (Å²) < 4.78 is 38.5. The van der Waals surface area contributed by atoms with Gasteiger partial charge in [0.1, 0.15) is 24.6 Å². The number of rotatable bonds is 13. The number of carbonyl (C=O) groups is 1. The van der Waals surface area contributed by atoms with Crippen molar-refractivity contribution in [1.82, 2.24) is 24.6 Å². The summed E-state index contributed by atoms with van der Waals surface area (Å²) in [5.74, 6) is -0.390. The molecule has 224 valence electrons. The first-order valence-electron chi connectivity index (χ1n) is 13.3. The van der Waals surface area contributed by atoms with Gasteiger partial charge in [0.15, 0.2) is 11.2 Å². The van der Waals surface area contributed by atoms with Gasteiger partial charge >= 0.3 is 13.7 Å². The number of anilines is 1. The van der Waals surface area contributed by atoms with Crippen LogP contribution in [0.4, 0.5) is 5.95 Å². The van der Waals surface area contributed by atoms with E-state index in [1.807, 2.05) is 60.7 Å². The highest BCUT2D eigenvalue weighted by molar-refractivity contribution is 7.52. The Morgan fingerprint density at radius 3 is 2.60 bits per heavy atom. The van der Waals surface area contributed by atoms with E-state index in [2.05, 4.69) is 20.0 Å². The Balaban J connectivity index is 1.28. The number of esters is 1. The van der Waals surface area contributed by atoms with Crippen molar-refractivity contribution in [2.24, 2.45) is 0 Å². The number of ether oxygens (including phenoxy) is 2. The minimum atomic E-state index is -4.19. The predicted molar refractivity (Wildman–Crippen MR) is 160 cm³/mol. The van der Waals surface area contributed by atoms with Crippen molar-refractivity contribution in [3.05, 3.63) is 95.0 Å². The smallest absolute Gasteiger partial charge is 0.459 e. The maximum Gasteiger partial charge on any atom is 0.459 e. The number of aromatic nitrogens is 4. The van der Waals surface area contributed by atoms with Crippen LogP contribution in [0.5, 0.6) is 5.75 Å². The zero-order valence-corrected chi connectivity index (χ0v) is 24.5. The highest BCUT2D eigenvalue weighted by Gasteiger charge is 2.40. The molecule has 0 radical (unpaired) electrons. The van der Waals surface area contributed by atoms with Crippen LogP contribution in [0.2, 0.25) is 0 Å².